The number of allylic oxidation sites excluding steroid dienone is 2. The van der Waals surface area contributed by atoms with Gasteiger partial charge in [0, 0.05) is 18.3 Å². The Morgan fingerprint density at radius 1 is 1.38 bits per heavy atom. The van der Waals surface area contributed by atoms with Gasteiger partial charge in [-0.25, -0.2) is 0 Å². The maximum atomic E-state index is 4.23. The number of aliphatic imine (C=N–C) groups is 1. The normalized spacial score (nSPS) is 11.0. The minimum absolute atomic E-state index is 0.901. The van der Waals surface area contributed by atoms with Gasteiger partial charge in [-0.2, -0.15) is 0 Å². The first-order chi connectivity index (χ1) is 6.20. The Bertz CT molecular complexity index is 176. The fourth-order valence-corrected chi connectivity index (χ4v) is 0.881. The number of nitrogens with zero attached hydrogens (tertiary/aromatic N) is 1. The molecule has 0 rings (SSSR count). The molecule has 13 heavy (non-hydrogen) atoms. The first kappa shape index (κ1) is 14.7. The van der Waals surface area contributed by atoms with Crippen LogP contribution in [0, 0.1) is 0 Å². The summed E-state index contributed by atoms with van der Waals surface area (Å²) in [5, 5.41) is 0. The third-order valence-corrected chi connectivity index (χ3v) is 1.22. The van der Waals surface area contributed by atoms with Gasteiger partial charge in [-0.15, -0.1) is 0 Å². The highest BCUT2D eigenvalue weighted by atomic mass is 14.7. The average molecular weight is 181 g/mol. The fourth-order valence-electron chi connectivity index (χ4n) is 0.881. The van der Waals surface area contributed by atoms with Gasteiger partial charge in [-0.3, -0.25) is 4.99 Å². The molecule has 76 valence electrons. The lowest BCUT2D eigenvalue weighted by Gasteiger charge is -1.99. The van der Waals surface area contributed by atoms with Crippen LogP contribution in [-0.4, -0.2) is 6.21 Å². The summed E-state index contributed by atoms with van der Waals surface area (Å²) in [7, 11) is 0. The second kappa shape index (κ2) is 11.2. The molecular weight excluding hydrogens is 158 g/mol. The Morgan fingerprint density at radius 2 is 1.92 bits per heavy atom. The third-order valence-electron chi connectivity index (χ3n) is 1.22. The van der Waals surface area contributed by atoms with E-state index in [0.717, 1.165) is 24.1 Å². The lowest BCUT2D eigenvalue weighted by molar-refractivity contribution is 1.05. The van der Waals surface area contributed by atoms with Crippen LogP contribution >= 0.6 is 0 Å². The van der Waals surface area contributed by atoms with Gasteiger partial charge < -0.3 is 0 Å². The summed E-state index contributed by atoms with van der Waals surface area (Å²) < 4.78 is 0. The van der Waals surface area contributed by atoms with Crippen LogP contribution < -0.4 is 0 Å². The van der Waals surface area contributed by atoms with Gasteiger partial charge in [-0.05, 0) is 20.3 Å². The van der Waals surface area contributed by atoms with E-state index in [1.807, 2.05) is 33.9 Å². The van der Waals surface area contributed by atoms with Gasteiger partial charge >= 0.3 is 0 Å². The Kier molecular flexibility index (Phi) is 12.6. The van der Waals surface area contributed by atoms with Crippen LogP contribution in [0.1, 0.15) is 47.5 Å². The van der Waals surface area contributed by atoms with Gasteiger partial charge in [0.05, 0.1) is 0 Å². The van der Waals surface area contributed by atoms with Crippen LogP contribution in [-0.2, 0) is 0 Å². The van der Waals surface area contributed by atoms with Crippen molar-refractivity contribution in [3.8, 4) is 0 Å². The van der Waals surface area contributed by atoms with E-state index in [1.54, 1.807) is 0 Å². The number of hydrogen-bond donors (Lipinski definition) is 0. The van der Waals surface area contributed by atoms with Crippen molar-refractivity contribution in [2.45, 2.75) is 47.5 Å². The van der Waals surface area contributed by atoms with Crippen LogP contribution in [0.4, 0.5) is 0 Å². The van der Waals surface area contributed by atoms with Gasteiger partial charge in [0.2, 0.25) is 0 Å². The molecule has 0 N–H and O–H groups in total. The van der Waals surface area contributed by atoms with Crippen molar-refractivity contribution in [2.24, 2.45) is 4.99 Å². The van der Waals surface area contributed by atoms with Crippen molar-refractivity contribution in [3.63, 3.8) is 0 Å². The molecule has 0 saturated heterocycles. The molecule has 1 heteroatoms. The van der Waals surface area contributed by atoms with Crippen LogP contribution in [0.15, 0.2) is 28.9 Å². The lowest BCUT2D eigenvalue weighted by atomic mass is 10.2. The Labute approximate surface area is 83.3 Å². The quantitative estimate of drug-likeness (QED) is 0.451. The van der Waals surface area contributed by atoms with Crippen molar-refractivity contribution in [1.29, 1.82) is 0 Å². The van der Waals surface area contributed by atoms with Gasteiger partial charge in [0.1, 0.15) is 0 Å². The molecule has 0 fully saturated rings. The maximum Gasteiger partial charge on any atom is 0.0399 e. The van der Waals surface area contributed by atoms with E-state index in [9.17, 15) is 0 Å². The first-order valence-corrected chi connectivity index (χ1v) is 5.02. The molecule has 0 bridgehead atoms. The summed E-state index contributed by atoms with van der Waals surface area (Å²) in [6, 6.07) is 0. The molecule has 0 aromatic carbocycles. The second-order valence-corrected chi connectivity index (χ2v) is 2.62. The molecule has 0 aliphatic heterocycles. The summed E-state index contributed by atoms with van der Waals surface area (Å²) in [5.41, 5.74) is 2.29. The van der Waals surface area contributed by atoms with Crippen LogP contribution in [0.5, 0.6) is 0 Å². The van der Waals surface area contributed by atoms with Crippen molar-refractivity contribution >= 4 is 6.21 Å². The topological polar surface area (TPSA) is 12.4 Å². The first-order valence-electron chi connectivity index (χ1n) is 5.02. The molecule has 1 nitrogen and oxygen atoms in total. The fraction of sp³-hybridized carbons (Fsp3) is 0.583. The molecule has 0 amide bonds. The van der Waals surface area contributed by atoms with E-state index in [0.29, 0.717) is 0 Å². The molecule has 0 heterocycles. The Morgan fingerprint density at radius 3 is 2.23 bits per heavy atom. The summed E-state index contributed by atoms with van der Waals surface area (Å²) in [6.07, 6.45) is 5.90. The van der Waals surface area contributed by atoms with E-state index in [-0.39, 0.29) is 0 Å². The molecule has 0 aromatic heterocycles. The van der Waals surface area contributed by atoms with E-state index >= 15 is 0 Å². The van der Waals surface area contributed by atoms with Crippen LogP contribution in [0.3, 0.4) is 0 Å². The molecule has 0 aliphatic carbocycles. The van der Waals surface area contributed by atoms with Crippen molar-refractivity contribution in [1.82, 2.24) is 0 Å². The molecule has 0 radical (unpaired) electrons. The van der Waals surface area contributed by atoms with Crippen LogP contribution in [0.25, 0.3) is 0 Å². The minimum atomic E-state index is 0.901. The minimum Gasteiger partial charge on any atom is -0.266 e. The van der Waals surface area contributed by atoms with Crippen molar-refractivity contribution < 1.29 is 0 Å². The van der Waals surface area contributed by atoms with E-state index < -0.39 is 0 Å². The molecule has 0 spiro atoms. The predicted octanol–water partition coefficient (Wildman–Crippen LogP) is 4.36. The molecular formula is C12H23N. The van der Waals surface area contributed by atoms with E-state index in [2.05, 4.69) is 24.6 Å². The van der Waals surface area contributed by atoms with Crippen LogP contribution in [0.2, 0.25) is 0 Å². The number of rotatable bonds is 4. The SMILES string of the molecule is C=C(C)C/C(=C/CC)N=CC.CC. The zero-order valence-electron chi connectivity index (χ0n) is 9.72. The summed E-state index contributed by atoms with van der Waals surface area (Å²) in [5.74, 6) is 0. The largest absolute Gasteiger partial charge is 0.266 e. The van der Waals surface area contributed by atoms with E-state index in [1.165, 1.54) is 0 Å². The van der Waals surface area contributed by atoms with Gasteiger partial charge in [-0.1, -0.05) is 39.0 Å². The lowest BCUT2D eigenvalue weighted by Crippen LogP contribution is -1.81. The summed E-state index contributed by atoms with van der Waals surface area (Å²) >= 11 is 0. The molecule has 0 aliphatic rings. The molecule has 0 saturated carbocycles. The van der Waals surface area contributed by atoms with Crippen molar-refractivity contribution in [2.75, 3.05) is 0 Å². The smallest absolute Gasteiger partial charge is 0.0399 e. The highest BCUT2D eigenvalue weighted by molar-refractivity contribution is 5.55. The zero-order valence-corrected chi connectivity index (χ0v) is 9.72. The van der Waals surface area contributed by atoms with Gasteiger partial charge in [0.15, 0.2) is 0 Å². The van der Waals surface area contributed by atoms with Crippen molar-refractivity contribution in [3.05, 3.63) is 23.9 Å². The Hall–Kier alpha value is -0.850. The summed E-state index contributed by atoms with van der Waals surface area (Å²) in [6.45, 7) is 13.9. The highest BCUT2D eigenvalue weighted by Crippen LogP contribution is 2.10. The monoisotopic (exact) mass is 181 g/mol. The summed E-state index contributed by atoms with van der Waals surface area (Å²) in [4.78, 5) is 4.23. The number of hydrogen-bond acceptors (Lipinski definition) is 1. The standard InChI is InChI=1S/C10H17N.C2H6/c1-5-7-10(11-6-2)8-9(3)4;1-2/h6-7H,3,5,8H2,1-2,4H3;1-2H3/b10-7-,11-6?;. The third kappa shape index (κ3) is 11.1. The highest BCUT2D eigenvalue weighted by Gasteiger charge is 1.91. The molecule has 0 aromatic rings. The molecule has 0 unspecified atom stereocenters. The predicted molar refractivity (Wildman–Crippen MR) is 63.3 cm³/mol. The second-order valence-electron chi connectivity index (χ2n) is 2.62. The molecule has 0 atom stereocenters. The average Bonchev–Trinajstić information content (AvgIpc) is 2.08. The van der Waals surface area contributed by atoms with E-state index in [4.69, 9.17) is 0 Å². The zero-order chi connectivity index (χ0) is 10.7. The maximum absolute atomic E-state index is 4.23. The Balaban J connectivity index is 0. The van der Waals surface area contributed by atoms with Gasteiger partial charge in [0.25, 0.3) is 0 Å².